The molecule has 2 unspecified atom stereocenters. The number of carbonyl (C=O) groups excluding carboxylic acids is 1. The molecule has 26 heavy (non-hydrogen) atoms. The van der Waals surface area contributed by atoms with E-state index in [1.165, 1.54) is 18.2 Å². The fraction of sp³-hybridized carbons (Fsp3) is 0.632. The van der Waals surface area contributed by atoms with Crippen molar-refractivity contribution >= 4 is 14.0 Å². The lowest BCUT2D eigenvalue weighted by molar-refractivity contribution is -0.142. The second kappa shape index (κ2) is 7.35. The Morgan fingerprint density at radius 3 is 2.58 bits per heavy atom. The fourth-order valence-corrected chi connectivity index (χ4v) is 5.65. The number of nitrogens with one attached hydrogen (secondary N) is 1. The summed E-state index contributed by atoms with van der Waals surface area (Å²) in [6, 6.07) is 5.28. The normalized spacial score (nSPS) is 25.2. The van der Waals surface area contributed by atoms with Gasteiger partial charge in [-0.2, -0.15) is 0 Å². The highest BCUT2D eigenvalue weighted by Gasteiger charge is 2.66. The van der Waals surface area contributed by atoms with E-state index in [0.717, 1.165) is 0 Å². The molecule has 0 aromatic heterocycles. The molecule has 3 atom stereocenters. The molecule has 1 fully saturated rings. The molecule has 1 aliphatic rings. The van der Waals surface area contributed by atoms with Crippen LogP contribution in [0.25, 0.3) is 0 Å². The number of rotatable bonds is 7. The lowest BCUT2D eigenvalue weighted by Crippen LogP contribution is -2.59. The van der Waals surface area contributed by atoms with Crippen LogP contribution in [0.2, 0.25) is 19.6 Å². The summed E-state index contributed by atoms with van der Waals surface area (Å²) in [6.07, 6.45) is -0.106. The van der Waals surface area contributed by atoms with Gasteiger partial charge in [-0.3, -0.25) is 4.79 Å². The van der Waals surface area contributed by atoms with Crippen LogP contribution in [-0.4, -0.2) is 30.7 Å². The van der Waals surface area contributed by atoms with Gasteiger partial charge in [0, 0.05) is 6.04 Å². The van der Waals surface area contributed by atoms with Crippen LogP contribution >= 0.6 is 0 Å². The van der Waals surface area contributed by atoms with Crippen molar-refractivity contribution in [3.05, 3.63) is 35.6 Å². The number of benzene rings is 1. The first-order chi connectivity index (χ1) is 11.9. The predicted octanol–water partition coefficient (Wildman–Crippen LogP) is 4.44. The Morgan fingerprint density at radius 1 is 1.38 bits per heavy atom. The smallest absolute Gasteiger partial charge is 0.243 e. The third kappa shape index (κ3) is 3.69. The zero-order valence-corrected chi connectivity index (χ0v) is 16.8. The van der Waals surface area contributed by atoms with E-state index in [9.17, 15) is 14.3 Å². The number of hydrogen-bond acceptors (Lipinski definition) is 2. The molecule has 1 saturated heterocycles. The van der Waals surface area contributed by atoms with Gasteiger partial charge in [-0.15, -0.1) is 0 Å². The first-order valence-corrected chi connectivity index (χ1v) is 12.6. The number of aliphatic hydroxyl groups excluding tert-OH is 1. The Morgan fingerprint density at radius 2 is 2.04 bits per heavy atom. The number of aliphatic hydroxyl groups is 1. The first kappa shape index (κ1) is 21.0. The van der Waals surface area contributed by atoms with Gasteiger partial charge in [0.2, 0.25) is 11.5 Å². The number of halogens is 3. The van der Waals surface area contributed by atoms with Crippen molar-refractivity contribution in [3.8, 4) is 0 Å². The number of amides is 1. The van der Waals surface area contributed by atoms with E-state index >= 15 is 8.78 Å². The summed E-state index contributed by atoms with van der Waals surface area (Å²) in [6.45, 7) is 6.38. The third-order valence-corrected chi connectivity index (χ3v) is 7.90. The SMILES string of the molecule is CCC1(C(F)(F)[Si](C)(C)C)C[C@@H](CCC(O)c2cccc(F)c2)NC1=O. The molecule has 1 heterocycles. The monoisotopic (exact) mass is 387 g/mol. The van der Waals surface area contributed by atoms with Crippen LogP contribution in [0.5, 0.6) is 0 Å². The van der Waals surface area contributed by atoms with Crippen molar-refractivity contribution in [2.24, 2.45) is 5.41 Å². The molecule has 0 saturated carbocycles. The van der Waals surface area contributed by atoms with Crippen LogP contribution in [0, 0.1) is 11.2 Å². The summed E-state index contributed by atoms with van der Waals surface area (Å²) < 4.78 is 43.5. The fourth-order valence-electron chi connectivity index (χ4n) is 3.82. The van der Waals surface area contributed by atoms with Crippen molar-refractivity contribution in [3.63, 3.8) is 0 Å². The number of alkyl halides is 2. The molecule has 0 aliphatic carbocycles. The van der Waals surface area contributed by atoms with E-state index in [2.05, 4.69) is 5.32 Å². The second-order valence-electron chi connectivity index (χ2n) is 8.28. The topological polar surface area (TPSA) is 49.3 Å². The van der Waals surface area contributed by atoms with Gasteiger partial charge in [0.15, 0.2) is 0 Å². The largest absolute Gasteiger partial charge is 0.388 e. The van der Waals surface area contributed by atoms with Crippen LogP contribution in [0.15, 0.2) is 24.3 Å². The average molecular weight is 388 g/mol. The van der Waals surface area contributed by atoms with Crippen molar-refractivity contribution in [2.45, 2.75) is 69.9 Å². The molecule has 2 N–H and O–H groups in total. The molecule has 1 aromatic carbocycles. The quantitative estimate of drug-likeness (QED) is 0.680. The van der Waals surface area contributed by atoms with E-state index < -0.39 is 42.9 Å². The molecule has 0 spiro atoms. The predicted molar refractivity (Wildman–Crippen MR) is 98.2 cm³/mol. The van der Waals surface area contributed by atoms with Gasteiger partial charge in [0.25, 0.3) is 0 Å². The maximum absolute atomic E-state index is 15.1. The molecule has 0 radical (unpaired) electrons. The Kier molecular flexibility index (Phi) is 5.92. The zero-order valence-electron chi connectivity index (χ0n) is 15.8. The highest BCUT2D eigenvalue weighted by molar-refractivity contribution is 6.78. The molecule has 1 aromatic rings. The van der Waals surface area contributed by atoms with Gasteiger partial charge < -0.3 is 10.4 Å². The molecular formula is C19H28F3NO2Si. The van der Waals surface area contributed by atoms with E-state index in [-0.39, 0.29) is 19.3 Å². The maximum Gasteiger partial charge on any atom is 0.243 e. The van der Waals surface area contributed by atoms with Gasteiger partial charge in [0.05, 0.1) is 6.10 Å². The van der Waals surface area contributed by atoms with Gasteiger partial charge in [-0.05, 0) is 43.4 Å². The van der Waals surface area contributed by atoms with Crippen molar-refractivity contribution in [1.82, 2.24) is 5.32 Å². The maximum atomic E-state index is 15.1. The summed E-state index contributed by atoms with van der Waals surface area (Å²) >= 11 is 0. The molecule has 1 amide bonds. The van der Waals surface area contributed by atoms with Gasteiger partial charge in [0.1, 0.15) is 19.3 Å². The minimum Gasteiger partial charge on any atom is -0.388 e. The molecule has 1 aliphatic heterocycles. The average Bonchev–Trinajstić information content (AvgIpc) is 2.89. The number of hydrogen-bond donors (Lipinski definition) is 2. The van der Waals surface area contributed by atoms with Crippen LogP contribution in [0.4, 0.5) is 13.2 Å². The van der Waals surface area contributed by atoms with Crippen LogP contribution in [0.3, 0.4) is 0 Å². The van der Waals surface area contributed by atoms with Gasteiger partial charge in [-0.1, -0.05) is 38.7 Å². The molecule has 0 bridgehead atoms. The Labute approximate surface area is 154 Å². The van der Waals surface area contributed by atoms with Crippen molar-refractivity contribution in [1.29, 1.82) is 0 Å². The minimum absolute atomic E-state index is 0.0650. The second-order valence-corrected chi connectivity index (χ2v) is 13.4. The Bertz CT molecular complexity index is 662. The minimum atomic E-state index is -3.02. The summed E-state index contributed by atoms with van der Waals surface area (Å²) in [7, 11) is -2.90. The molecule has 7 heteroatoms. The standard InChI is InChI=1S/C19H28F3NO2Si/c1-5-18(19(21,22)26(2,3)4)12-15(23-17(18)25)9-10-16(24)13-7-6-8-14(20)11-13/h6-8,11,15-16,24H,5,9-10,12H2,1-4H3,(H,23,25)/t15-,16?,18?/m1/s1. The lowest BCUT2D eigenvalue weighted by atomic mass is 9.81. The summed E-state index contributed by atoms with van der Waals surface area (Å²) in [4.78, 5) is 12.5. The molecule has 2 rings (SSSR count). The number of carbonyl (C=O) groups is 1. The van der Waals surface area contributed by atoms with E-state index in [1.54, 1.807) is 32.6 Å². The van der Waals surface area contributed by atoms with Crippen molar-refractivity contribution in [2.75, 3.05) is 0 Å². The third-order valence-electron chi connectivity index (χ3n) is 5.53. The summed E-state index contributed by atoms with van der Waals surface area (Å²) in [5, 5.41) is 12.9. The van der Waals surface area contributed by atoms with Gasteiger partial charge >= 0.3 is 0 Å². The van der Waals surface area contributed by atoms with Crippen LogP contribution in [0.1, 0.15) is 44.3 Å². The van der Waals surface area contributed by atoms with E-state index in [1.807, 2.05) is 0 Å². The zero-order chi connectivity index (χ0) is 19.8. The van der Waals surface area contributed by atoms with E-state index in [4.69, 9.17) is 0 Å². The van der Waals surface area contributed by atoms with Crippen molar-refractivity contribution < 1.29 is 23.1 Å². The Hall–Kier alpha value is -1.34. The highest BCUT2D eigenvalue weighted by atomic mass is 28.3. The highest BCUT2D eigenvalue weighted by Crippen LogP contribution is 2.52. The lowest BCUT2D eigenvalue weighted by Gasteiger charge is -2.41. The van der Waals surface area contributed by atoms with Crippen LogP contribution < -0.4 is 5.32 Å². The molecular weight excluding hydrogens is 359 g/mol. The first-order valence-electron chi connectivity index (χ1n) is 9.07. The van der Waals surface area contributed by atoms with Gasteiger partial charge in [-0.25, -0.2) is 13.2 Å². The Balaban J connectivity index is 2.09. The molecule has 146 valence electrons. The molecule has 3 nitrogen and oxygen atoms in total. The summed E-state index contributed by atoms with van der Waals surface area (Å²) in [5.74, 6) is -1.02. The van der Waals surface area contributed by atoms with Crippen LogP contribution in [-0.2, 0) is 4.79 Å². The summed E-state index contributed by atoms with van der Waals surface area (Å²) in [5.41, 5.74) is -4.25. The van der Waals surface area contributed by atoms with E-state index in [0.29, 0.717) is 12.0 Å².